The van der Waals surface area contributed by atoms with E-state index >= 15 is 0 Å². The van der Waals surface area contributed by atoms with E-state index in [0.717, 1.165) is 0 Å². The van der Waals surface area contributed by atoms with Crippen LogP contribution in [0.15, 0.2) is 16.1 Å². The van der Waals surface area contributed by atoms with E-state index in [4.69, 9.17) is 4.84 Å². The Kier molecular flexibility index (Phi) is 4.59. The van der Waals surface area contributed by atoms with Gasteiger partial charge in [0.25, 0.3) is 0 Å². The number of ketones is 1. The number of aryl methyl sites for hydroxylation is 3. The van der Waals surface area contributed by atoms with Gasteiger partial charge in [-0.15, -0.1) is 0 Å². The summed E-state index contributed by atoms with van der Waals surface area (Å²) in [7, 11) is -0.545. The molecule has 9 heteroatoms. The van der Waals surface area contributed by atoms with Gasteiger partial charge in [0.2, 0.25) is 11.7 Å². The summed E-state index contributed by atoms with van der Waals surface area (Å²) in [5.74, 6) is -0.704. The second-order valence-electron chi connectivity index (χ2n) is 6.60. The quantitative estimate of drug-likeness (QED) is 0.631. The number of sulfone groups is 1. The molecule has 27 heavy (non-hydrogen) atoms. The Morgan fingerprint density at radius 2 is 2.00 bits per heavy atom. The van der Waals surface area contributed by atoms with Crippen LogP contribution in [-0.4, -0.2) is 47.7 Å². The number of aromatic hydroxyl groups is 1. The molecule has 0 aliphatic carbocycles. The number of fused-ring (bicyclic) bond motifs is 1. The number of rotatable bonds is 3. The third kappa shape index (κ3) is 2.91. The summed E-state index contributed by atoms with van der Waals surface area (Å²) in [6.45, 7) is 4.97. The van der Waals surface area contributed by atoms with Crippen LogP contribution in [0.2, 0.25) is 0 Å². The van der Waals surface area contributed by atoms with Gasteiger partial charge in [-0.2, -0.15) is 5.10 Å². The highest BCUT2D eigenvalue weighted by Crippen LogP contribution is 2.35. The van der Waals surface area contributed by atoms with E-state index < -0.39 is 15.6 Å². The van der Waals surface area contributed by atoms with Crippen LogP contribution < -0.4 is 0 Å². The summed E-state index contributed by atoms with van der Waals surface area (Å²) in [6, 6.07) is 1.55. The second kappa shape index (κ2) is 6.49. The molecule has 0 amide bonds. The SMILES string of the molecule is CON=C1CCS(=O)(=O)c2c(C)cc(C(=O)c3c(C)nn(C)c3O)c(C)c21. The lowest BCUT2D eigenvalue weighted by Gasteiger charge is -2.23. The Hall–Kier alpha value is -2.68. The number of carbonyl (C=O) groups excluding carboxylic acids is 1. The van der Waals surface area contributed by atoms with E-state index in [1.54, 1.807) is 33.9 Å². The Morgan fingerprint density at radius 3 is 2.56 bits per heavy atom. The predicted molar refractivity (Wildman–Crippen MR) is 99.2 cm³/mol. The lowest BCUT2D eigenvalue weighted by Crippen LogP contribution is -2.26. The number of oxime groups is 1. The van der Waals surface area contributed by atoms with Crippen molar-refractivity contribution < 1.29 is 23.2 Å². The maximum atomic E-state index is 13.2. The molecule has 0 spiro atoms. The van der Waals surface area contributed by atoms with E-state index in [2.05, 4.69) is 10.3 Å². The van der Waals surface area contributed by atoms with Gasteiger partial charge in [-0.3, -0.25) is 4.79 Å². The summed E-state index contributed by atoms with van der Waals surface area (Å²) in [6.07, 6.45) is 0.207. The van der Waals surface area contributed by atoms with Crippen molar-refractivity contribution in [2.24, 2.45) is 12.2 Å². The van der Waals surface area contributed by atoms with Crippen molar-refractivity contribution in [2.75, 3.05) is 12.9 Å². The molecular formula is C18H21N3O5S. The van der Waals surface area contributed by atoms with Gasteiger partial charge in [0.1, 0.15) is 12.7 Å². The molecule has 0 bridgehead atoms. The fourth-order valence-electron chi connectivity index (χ4n) is 3.58. The minimum absolute atomic E-state index is 0.0573. The Morgan fingerprint density at radius 1 is 1.33 bits per heavy atom. The number of carbonyl (C=O) groups is 1. The van der Waals surface area contributed by atoms with Gasteiger partial charge in [0, 0.05) is 24.6 Å². The lowest BCUT2D eigenvalue weighted by molar-refractivity contribution is 0.103. The van der Waals surface area contributed by atoms with Crippen molar-refractivity contribution in [1.29, 1.82) is 0 Å². The summed E-state index contributed by atoms with van der Waals surface area (Å²) in [5.41, 5.74) is 2.65. The van der Waals surface area contributed by atoms with E-state index in [1.807, 2.05) is 0 Å². The van der Waals surface area contributed by atoms with Crippen molar-refractivity contribution >= 4 is 21.3 Å². The lowest BCUT2D eigenvalue weighted by atomic mass is 9.90. The summed E-state index contributed by atoms with van der Waals surface area (Å²) < 4.78 is 26.5. The first-order valence-corrected chi connectivity index (χ1v) is 10.00. The molecule has 0 atom stereocenters. The molecular weight excluding hydrogens is 370 g/mol. The fraction of sp³-hybridized carbons (Fsp3) is 0.389. The number of nitrogens with zero attached hydrogens (tertiary/aromatic N) is 3. The molecule has 1 aromatic carbocycles. The van der Waals surface area contributed by atoms with Crippen molar-refractivity contribution in [3.63, 3.8) is 0 Å². The topological polar surface area (TPSA) is 111 Å². The van der Waals surface area contributed by atoms with E-state index in [-0.39, 0.29) is 28.5 Å². The van der Waals surface area contributed by atoms with Crippen molar-refractivity contribution in [3.05, 3.63) is 39.6 Å². The highest BCUT2D eigenvalue weighted by Gasteiger charge is 2.34. The van der Waals surface area contributed by atoms with Crippen molar-refractivity contribution in [3.8, 4) is 5.88 Å². The van der Waals surface area contributed by atoms with Gasteiger partial charge in [0.15, 0.2) is 9.84 Å². The fourth-order valence-corrected chi connectivity index (χ4v) is 5.38. The Labute approximate surface area is 157 Å². The molecule has 2 aromatic rings. The second-order valence-corrected chi connectivity index (χ2v) is 8.64. The molecule has 0 saturated carbocycles. The first-order valence-electron chi connectivity index (χ1n) is 8.34. The van der Waals surface area contributed by atoms with Gasteiger partial charge in [-0.05, 0) is 38.0 Å². The number of aromatic nitrogens is 2. The van der Waals surface area contributed by atoms with E-state index in [0.29, 0.717) is 33.7 Å². The number of hydrogen-bond acceptors (Lipinski definition) is 7. The zero-order valence-corrected chi connectivity index (χ0v) is 16.6. The summed E-state index contributed by atoms with van der Waals surface area (Å²) >= 11 is 0. The molecule has 1 N–H and O–H groups in total. The monoisotopic (exact) mass is 391 g/mol. The molecule has 1 aliphatic rings. The molecule has 1 aromatic heterocycles. The molecule has 1 aliphatic heterocycles. The zero-order valence-electron chi connectivity index (χ0n) is 15.8. The molecule has 0 unspecified atom stereocenters. The summed E-state index contributed by atoms with van der Waals surface area (Å²) in [4.78, 5) is 18.2. The standard InChI is InChI=1S/C18H21N3O5S/c1-9-8-12(16(22)15-11(3)19-21(4)18(15)23)10(2)14-13(20-26-5)6-7-27(24,25)17(9)14/h8,23H,6-7H2,1-5H3. The average Bonchev–Trinajstić information content (AvgIpc) is 2.84. The molecule has 0 radical (unpaired) electrons. The highest BCUT2D eigenvalue weighted by molar-refractivity contribution is 7.91. The first-order chi connectivity index (χ1) is 12.6. The maximum Gasteiger partial charge on any atom is 0.220 e. The van der Waals surface area contributed by atoms with Crippen LogP contribution in [0, 0.1) is 20.8 Å². The highest BCUT2D eigenvalue weighted by atomic mass is 32.2. The minimum Gasteiger partial charge on any atom is -0.493 e. The first kappa shape index (κ1) is 19.1. The van der Waals surface area contributed by atoms with Crippen LogP contribution in [0.5, 0.6) is 5.88 Å². The third-order valence-corrected chi connectivity index (χ3v) is 6.69. The van der Waals surface area contributed by atoms with Crippen molar-refractivity contribution in [2.45, 2.75) is 32.1 Å². The third-order valence-electron chi connectivity index (χ3n) is 4.80. The van der Waals surface area contributed by atoms with Gasteiger partial charge in [-0.25, -0.2) is 13.1 Å². The van der Waals surface area contributed by atoms with Crippen molar-refractivity contribution in [1.82, 2.24) is 9.78 Å². The smallest absolute Gasteiger partial charge is 0.220 e. The normalized spacial score (nSPS) is 17.0. The molecule has 3 rings (SSSR count). The minimum atomic E-state index is -3.48. The Balaban J connectivity index is 2.32. The molecule has 0 fully saturated rings. The summed E-state index contributed by atoms with van der Waals surface area (Å²) in [5, 5.41) is 18.3. The van der Waals surface area contributed by atoms with Gasteiger partial charge in [0.05, 0.1) is 22.1 Å². The number of hydrogen-bond donors (Lipinski definition) is 1. The molecule has 2 heterocycles. The predicted octanol–water partition coefficient (Wildman–Crippen LogP) is 1.81. The van der Waals surface area contributed by atoms with Crippen LogP contribution in [0.4, 0.5) is 0 Å². The van der Waals surface area contributed by atoms with Gasteiger partial charge < -0.3 is 9.94 Å². The van der Waals surface area contributed by atoms with Gasteiger partial charge in [-0.1, -0.05) is 5.16 Å². The molecule has 144 valence electrons. The van der Waals surface area contributed by atoms with E-state index in [1.165, 1.54) is 11.8 Å². The Bertz CT molecular complexity index is 1100. The van der Waals surface area contributed by atoms with Crippen LogP contribution in [0.1, 0.15) is 44.7 Å². The van der Waals surface area contributed by atoms with Crippen LogP contribution >= 0.6 is 0 Å². The van der Waals surface area contributed by atoms with Gasteiger partial charge >= 0.3 is 0 Å². The zero-order chi connectivity index (χ0) is 20.1. The average molecular weight is 391 g/mol. The molecule has 8 nitrogen and oxygen atoms in total. The maximum absolute atomic E-state index is 13.2. The largest absolute Gasteiger partial charge is 0.493 e. The van der Waals surface area contributed by atoms with Crippen LogP contribution in [-0.2, 0) is 21.7 Å². The van der Waals surface area contributed by atoms with Crippen LogP contribution in [0.3, 0.4) is 0 Å². The number of benzene rings is 1. The molecule has 0 saturated heterocycles. The van der Waals surface area contributed by atoms with E-state index in [9.17, 15) is 18.3 Å². The van der Waals surface area contributed by atoms with Crippen LogP contribution in [0.25, 0.3) is 0 Å².